The average Bonchev–Trinajstić information content (AvgIpc) is 3.64. The number of methoxy groups -OCH3 is 2. The first-order valence-corrected chi connectivity index (χ1v) is 17.2. The smallest absolute Gasteiger partial charge is 0.408 e. The molecular formula is C39H48N4O9. The average molecular weight is 717 g/mol. The fraction of sp³-hybridized carbons (Fsp3) is 0.462. The van der Waals surface area contributed by atoms with Crippen molar-refractivity contribution in [3.05, 3.63) is 61.2 Å². The Morgan fingerprint density at radius 3 is 2.21 bits per heavy atom. The van der Waals surface area contributed by atoms with Crippen LogP contribution in [0, 0.1) is 11.3 Å². The molecule has 5 rings (SSSR count). The van der Waals surface area contributed by atoms with Crippen molar-refractivity contribution in [2.75, 3.05) is 20.8 Å². The van der Waals surface area contributed by atoms with Gasteiger partial charge in [-0.25, -0.2) is 14.6 Å². The van der Waals surface area contributed by atoms with E-state index < -0.39 is 64.5 Å². The van der Waals surface area contributed by atoms with Gasteiger partial charge in [0.05, 0.1) is 32.0 Å². The minimum absolute atomic E-state index is 0.0255. The number of carbonyl (C=O) groups is 4. The number of carboxylic acid groups (broad SMARTS) is 1. The number of carboxylic acids is 1. The molecular weight excluding hydrogens is 668 g/mol. The van der Waals surface area contributed by atoms with Gasteiger partial charge >= 0.3 is 12.1 Å². The number of hydrogen-bond donors (Lipinski definition) is 3. The number of nitrogens with one attached hydrogen (secondary N) is 2. The SMILES string of the molecule is C=C[C@H]1CC1(NC(=O)[C@@H]1C[C@@H](Oc2cc(-c3ccc(OC)cc3)nc3cc(OC)ccc23)CN1C(=O)[C@@H](NC(=O)OC(C)(C)C)C(C)(C)C)C(=O)O. The molecule has 2 fully saturated rings. The molecule has 1 aliphatic carbocycles. The Hall–Kier alpha value is -5.33. The van der Waals surface area contributed by atoms with Crippen molar-refractivity contribution >= 4 is 34.8 Å². The third-order valence-corrected chi connectivity index (χ3v) is 9.31. The number of rotatable bonds is 11. The van der Waals surface area contributed by atoms with E-state index in [1.54, 1.807) is 74.0 Å². The maximum absolute atomic E-state index is 14.5. The topological polar surface area (TPSA) is 166 Å². The number of benzene rings is 2. The van der Waals surface area contributed by atoms with Crippen LogP contribution < -0.4 is 24.8 Å². The number of fused-ring (bicyclic) bond motifs is 1. The lowest BCUT2D eigenvalue weighted by Gasteiger charge is -2.35. The summed E-state index contributed by atoms with van der Waals surface area (Å²) in [5.41, 5.74) is -1.11. The summed E-state index contributed by atoms with van der Waals surface area (Å²) >= 11 is 0. The van der Waals surface area contributed by atoms with Gasteiger partial charge in [0.25, 0.3) is 0 Å². The van der Waals surface area contributed by atoms with Crippen LogP contribution in [0.1, 0.15) is 54.4 Å². The molecule has 0 radical (unpaired) electrons. The van der Waals surface area contributed by atoms with Gasteiger partial charge in [0.1, 0.15) is 46.6 Å². The zero-order valence-electron chi connectivity index (χ0n) is 30.9. The van der Waals surface area contributed by atoms with Gasteiger partial charge in [0, 0.05) is 35.4 Å². The molecule has 0 spiro atoms. The Balaban J connectivity index is 1.51. The monoisotopic (exact) mass is 716 g/mol. The summed E-state index contributed by atoms with van der Waals surface area (Å²) < 4.78 is 22.9. The number of ether oxygens (including phenoxy) is 4. The number of aromatic nitrogens is 1. The largest absolute Gasteiger partial charge is 0.497 e. The lowest BCUT2D eigenvalue weighted by atomic mass is 9.85. The van der Waals surface area contributed by atoms with Crippen LogP contribution >= 0.6 is 0 Å². The lowest BCUT2D eigenvalue weighted by Crippen LogP contribution is -2.59. The summed E-state index contributed by atoms with van der Waals surface area (Å²) in [6.07, 6.45) is 0.252. The van der Waals surface area contributed by atoms with Crippen LogP contribution in [0.2, 0.25) is 0 Å². The highest BCUT2D eigenvalue weighted by molar-refractivity contribution is 5.96. The first-order valence-electron chi connectivity index (χ1n) is 17.2. The Morgan fingerprint density at radius 2 is 1.65 bits per heavy atom. The summed E-state index contributed by atoms with van der Waals surface area (Å²) in [5.74, 6) is -1.06. The molecule has 3 N–H and O–H groups in total. The number of likely N-dealkylation sites (tertiary alicyclic amines) is 1. The number of amides is 3. The summed E-state index contributed by atoms with van der Waals surface area (Å²) in [4.78, 5) is 60.0. The van der Waals surface area contributed by atoms with Crippen LogP contribution in [0.5, 0.6) is 17.2 Å². The van der Waals surface area contributed by atoms with E-state index >= 15 is 0 Å². The highest BCUT2D eigenvalue weighted by atomic mass is 16.6. The number of aliphatic carboxylic acids is 1. The highest BCUT2D eigenvalue weighted by Gasteiger charge is 2.61. The Morgan fingerprint density at radius 1 is 1.00 bits per heavy atom. The van der Waals surface area contributed by atoms with Crippen LogP contribution in [0.3, 0.4) is 0 Å². The number of hydrogen-bond acceptors (Lipinski definition) is 9. The van der Waals surface area contributed by atoms with Gasteiger partial charge in [-0.05, 0) is 69.0 Å². The Labute approximate surface area is 303 Å². The number of nitrogens with zero attached hydrogens (tertiary/aromatic N) is 2. The van der Waals surface area contributed by atoms with Crippen molar-refractivity contribution in [3.63, 3.8) is 0 Å². The molecule has 13 nitrogen and oxygen atoms in total. The molecule has 2 aromatic carbocycles. The molecule has 0 bridgehead atoms. The van der Waals surface area contributed by atoms with Gasteiger partial charge in [-0.2, -0.15) is 0 Å². The molecule has 1 aromatic heterocycles. The molecule has 1 unspecified atom stereocenters. The molecule has 278 valence electrons. The highest BCUT2D eigenvalue weighted by Crippen LogP contribution is 2.45. The molecule has 5 atom stereocenters. The number of pyridine rings is 1. The van der Waals surface area contributed by atoms with E-state index in [0.29, 0.717) is 33.8 Å². The Bertz CT molecular complexity index is 1860. The van der Waals surface area contributed by atoms with Crippen LogP contribution in [-0.2, 0) is 19.1 Å². The predicted octanol–water partition coefficient (Wildman–Crippen LogP) is 5.35. The van der Waals surface area contributed by atoms with Crippen molar-refractivity contribution in [2.24, 2.45) is 11.3 Å². The van der Waals surface area contributed by atoms with Crippen molar-refractivity contribution in [1.82, 2.24) is 20.5 Å². The quantitative estimate of drug-likeness (QED) is 0.220. The van der Waals surface area contributed by atoms with Gasteiger partial charge in [-0.3, -0.25) is 9.59 Å². The predicted molar refractivity (Wildman–Crippen MR) is 194 cm³/mol. The summed E-state index contributed by atoms with van der Waals surface area (Å²) in [6.45, 7) is 14.2. The molecule has 13 heteroatoms. The minimum atomic E-state index is -1.52. The summed E-state index contributed by atoms with van der Waals surface area (Å²) in [6, 6.07) is 12.4. The van der Waals surface area contributed by atoms with Gasteiger partial charge in [0.15, 0.2) is 0 Å². The van der Waals surface area contributed by atoms with E-state index in [1.807, 2.05) is 30.3 Å². The van der Waals surface area contributed by atoms with Crippen molar-refractivity contribution < 1.29 is 43.2 Å². The van der Waals surface area contributed by atoms with Gasteiger partial charge in [-0.1, -0.05) is 26.8 Å². The van der Waals surface area contributed by atoms with Crippen molar-refractivity contribution in [1.29, 1.82) is 0 Å². The fourth-order valence-corrected chi connectivity index (χ4v) is 6.42. The lowest BCUT2D eigenvalue weighted by molar-refractivity contribution is -0.146. The number of carbonyl (C=O) groups excluding carboxylic acids is 3. The summed E-state index contributed by atoms with van der Waals surface area (Å²) in [7, 11) is 3.16. The third kappa shape index (κ3) is 8.08. The molecule has 2 aliphatic rings. The minimum Gasteiger partial charge on any atom is -0.497 e. The maximum Gasteiger partial charge on any atom is 0.408 e. The normalized spacial score (nSPS) is 21.8. The molecule has 1 aliphatic heterocycles. The van der Waals surface area contributed by atoms with E-state index in [2.05, 4.69) is 17.2 Å². The molecule has 3 aromatic rings. The van der Waals surface area contributed by atoms with E-state index in [0.717, 1.165) is 5.56 Å². The third-order valence-electron chi connectivity index (χ3n) is 9.31. The molecule has 1 saturated carbocycles. The second-order valence-corrected chi connectivity index (χ2v) is 15.4. The van der Waals surface area contributed by atoms with Gasteiger partial charge in [-0.15, -0.1) is 6.58 Å². The molecule has 2 heterocycles. The molecule has 52 heavy (non-hydrogen) atoms. The van der Waals surface area contributed by atoms with E-state index in [9.17, 15) is 24.3 Å². The van der Waals surface area contributed by atoms with E-state index in [-0.39, 0.29) is 19.4 Å². The first-order chi connectivity index (χ1) is 24.4. The second kappa shape index (κ2) is 14.4. The van der Waals surface area contributed by atoms with E-state index in [1.165, 1.54) is 11.0 Å². The first kappa shape index (κ1) is 37.9. The standard InChI is InChI=1S/C39H48N4O9/c1-10-23-20-39(23,35(46)47)42-33(44)30-18-26(21-43(30)34(45)32(37(2,3)4)41-36(48)52-38(5,6)7)51-31-19-28(22-11-13-24(49-8)14-12-22)40-29-17-25(50-9)15-16-27(29)31/h10-17,19,23,26,30,32H,1,18,20-21H2,2-9H3,(H,41,48)(H,42,44)(H,46,47)/t23-,26+,30-,32+,39?/m0/s1. The van der Waals surface area contributed by atoms with Crippen molar-refractivity contribution in [3.8, 4) is 28.5 Å². The van der Waals surface area contributed by atoms with Crippen LogP contribution in [0.4, 0.5) is 4.79 Å². The van der Waals surface area contributed by atoms with Crippen LogP contribution in [0.25, 0.3) is 22.2 Å². The zero-order chi connectivity index (χ0) is 38.2. The van der Waals surface area contributed by atoms with Crippen LogP contribution in [0.15, 0.2) is 61.2 Å². The fourth-order valence-electron chi connectivity index (χ4n) is 6.42. The second-order valence-electron chi connectivity index (χ2n) is 15.4. The molecule has 3 amide bonds. The maximum atomic E-state index is 14.5. The number of alkyl carbamates (subject to hydrolysis) is 1. The van der Waals surface area contributed by atoms with Gasteiger partial charge in [0.2, 0.25) is 11.8 Å². The summed E-state index contributed by atoms with van der Waals surface area (Å²) in [5, 5.41) is 16.1. The Kier molecular flexibility index (Phi) is 10.5. The van der Waals surface area contributed by atoms with Crippen LogP contribution in [-0.4, -0.2) is 89.0 Å². The van der Waals surface area contributed by atoms with Crippen molar-refractivity contribution in [2.45, 2.75) is 83.7 Å². The van der Waals surface area contributed by atoms with E-state index in [4.69, 9.17) is 23.9 Å². The molecule has 1 saturated heterocycles. The van der Waals surface area contributed by atoms with Gasteiger partial charge < -0.3 is 39.6 Å². The zero-order valence-corrected chi connectivity index (χ0v) is 30.9.